The van der Waals surface area contributed by atoms with Crippen LogP contribution in [-0.4, -0.2) is 73.9 Å². The second kappa shape index (κ2) is 68.9. The van der Waals surface area contributed by atoms with Crippen molar-refractivity contribution in [1.29, 1.82) is 0 Å². The summed E-state index contributed by atoms with van der Waals surface area (Å²) in [6, 6.07) is 11.3. The fraction of sp³-hybridized carbons (Fsp3) is 0.686. The summed E-state index contributed by atoms with van der Waals surface area (Å²) in [5, 5.41) is 4.61. The van der Waals surface area contributed by atoms with Crippen molar-refractivity contribution in [1.82, 2.24) is 0 Å². The van der Waals surface area contributed by atoms with Crippen molar-refractivity contribution < 1.29 is 84.5 Å². The van der Waals surface area contributed by atoms with Gasteiger partial charge in [0, 0.05) is 42.1 Å². The fourth-order valence-electron chi connectivity index (χ4n) is 8.34. The minimum absolute atomic E-state index is 0. The number of anilines is 4. The molecule has 0 unspecified atom stereocenters. The molecule has 2 nitrogen and oxygen atoms in total. The molecule has 3 aromatic carbocycles. The van der Waals surface area contributed by atoms with Crippen molar-refractivity contribution in [3.63, 3.8) is 0 Å². The molecule has 0 heterocycles. The van der Waals surface area contributed by atoms with Gasteiger partial charge in [-0.2, -0.15) is 0 Å². The summed E-state index contributed by atoms with van der Waals surface area (Å²) in [6.07, 6.45) is 66.8. The summed E-state index contributed by atoms with van der Waals surface area (Å²) in [5.41, 5.74) is -0.739. The first-order chi connectivity index (χ1) is 38.8. The van der Waals surface area contributed by atoms with Gasteiger partial charge in [0.15, 0.2) is 0 Å². The molecule has 0 saturated heterocycles. The minimum atomic E-state index is -1.59. The largest absolute Gasteiger partial charge is 1.00 e. The van der Waals surface area contributed by atoms with Gasteiger partial charge in [0.25, 0.3) is 0 Å². The van der Waals surface area contributed by atoms with Crippen LogP contribution < -0.4 is 35.4 Å². The van der Waals surface area contributed by atoms with Crippen LogP contribution in [0.4, 0.5) is 40.3 Å². The van der Waals surface area contributed by atoms with Crippen molar-refractivity contribution in [3.05, 3.63) is 95.8 Å². The number of rotatable bonds is 40. The summed E-state index contributed by atoms with van der Waals surface area (Å²) >= 11 is 0. The Morgan fingerprint density at radius 3 is 0.643 bits per heavy atom. The van der Waals surface area contributed by atoms with Gasteiger partial charge in [-0.05, 0) is 151 Å². The molecule has 2 N–H and O–H groups in total. The van der Waals surface area contributed by atoms with E-state index in [1.54, 1.807) is 73.9 Å². The third kappa shape index (κ3) is 49.7. The number of unbranched alkanes of at least 4 members (excludes halogenated alkanes) is 12. The zero-order valence-electron chi connectivity index (χ0n) is 54.8. The molecule has 3 aromatic rings. The molecule has 0 aromatic heterocycles. The van der Waals surface area contributed by atoms with Crippen LogP contribution in [0.15, 0.2) is 48.5 Å². The average Bonchev–Trinajstić information content (AvgIpc) is 3.49. The van der Waals surface area contributed by atoms with Crippen molar-refractivity contribution in [2.45, 2.75) is 237 Å². The Labute approximate surface area is 563 Å². The average molecular weight is 1650 g/mol. The number of halogens is 6. The minimum Gasteiger partial charge on any atom is -1.00 e. The SMILES string of the molecule is CCCCP(CCCC)CCCC.CCCCP(CCCC)CCCC.CCCCP(CCCC)CCCC.CCCCP(CCCC)CCCC.[C+]#Cc1ccc(Nc2c(F)c(F)c(Nc3ccc(C#[C-])cc3)c(F)c2F)cc1.[Cl-].[Cl-].[Pt].[Pt]. The predicted molar refractivity (Wildman–Crippen MR) is 363 cm³/mol. The van der Waals surface area contributed by atoms with Crippen molar-refractivity contribution in [2.75, 3.05) is 84.6 Å². The third-order valence-electron chi connectivity index (χ3n) is 13.8. The summed E-state index contributed by atoms with van der Waals surface area (Å²) in [7, 11) is 1.69. The summed E-state index contributed by atoms with van der Waals surface area (Å²) in [5.74, 6) is -2.10. The van der Waals surface area contributed by atoms with Crippen LogP contribution in [-0.2, 0) is 42.1 Å². The topological polar surface area (TPSA) is 24.1 Å². The van der Waals surface area contributed by atoms with E-state index in [1.807, 2.05) is 0 Å². The molecule has 0 fully saturated rings. The van der Waals surface area contributed by atoms with Crippen molar-refractivity contribution in [3.8, 4) is 11.8 Å². The van der Waals surface area contributed by atoms with E-state index >= 15 is 0 Å². The number of hydrogen-bond donors (Lipinski definition) is 2. The van der Waals surface area contributed by atoms with E-state index in [0.29, 0.717) is 42.8 Å². The fourth-order valence-corrected chi connectivity index (χ4v) is 20.2. The molecule has 0 aliphatic rings. The molecular weight excluding hydrogens is 1530 g/mol. The van der Waals surface area contributed by atoms with E-state index in [9.17, 15) is 17.6 Å². The summed E-state index contributed by atoms with van der Waals surface area (Å²) in [6.45, 7) is 27.8. The van der Waals surface area contributed by atoms with Gasteiger partial charge in [0.1, 0.15) is 0 Å². The molecule has 0 atom stereocenters. The second-order valence-corrected chi connectivity index (χ2v) is 32.0. The molecule has 0 aliphatic heterocycles. The van der Waals surface area contributed by atoms with Gasteiger partial charge in [-0.25, -0.2) is 0 Å². The standard InChI is InChI=1S/C22H10F4N2.4C12H27P.2ClH.2Pt/c1-3-13-5-9-15(10-6-13)27-21-17(23)19(25)22(20(26)18(21)24)28-16-11-7-14(4-2)8-12-16;4*1-4-7-10-13(11-8-5-2)12-9-6-3;;;;/h5-12,27-28H;4*4-12H2,1-3H3;2*1H;;/p-2. The van der Waals surface area contributed by atoms with E-state index in [1.165, 1.54) is 203 Å². The zero-order valence-corrected chi connectivity index (χ0v) is 64.4. The number of nitrogens with one attached hydrogen (secondary N) is 2. The van der Waals surface area contributed by atoms with E-state index in [0.717, 1.165) is 0 Å². The van der Waals surface area contributed by atoms with Crippen LogP contribution in [0.1, 0.15) is 248 Å². The molecule has 0 radical (unpaired) electrons. The first-order valence-corrected chi connectivity index (χ1v) is 39.8. The van der Waals surface area contributed by atoms with Crippen LogP contribution in [0.3, 0.4) is 0 Å². The molecule has 0 amide bonds. The monoisotopic (exact) mass is 1650 g/mol. The Balaban J connectivity index is -0.000000236. The molecule has 3 rings (SSSR count). The maximum atomic E-state index is 14.4. The van der Waals surface area contributed by atoms with Gasteiger partial charge in [-0.15, -0.1) is 49.4 Å². The van der Waals surface area contributed by atoms with Gasteiger partial charge in [0.2, 0.25) is 0 Å². The number of benzene rings is 3. The van der Waals surface area contributed by atoms with Crippen LogP contribution in [0.5, 0.6) is 0 Å². The maximum absolute atomic E-state index is 14.4. The smallest absolute Gasteiger partial charge is 0 e. The van der Waals surface area contributed by atoms with Crippen molar-refractivity contribution >= 4 is 54.4 Å². The first kappa shape index (κ1) is 95.1. The molecule has 14 heteroatoms. The molecule has 0 saturated carbocycles. The predicted octanol–water partition coefficient (Wildman–Crippen LogP) is 19.1. The molecule has 0 spiro atoms. The molecular formula is C70H118Cl2F4N2P4Pt2-2. The third-order valence-corrected chi connectivity index (χ3v) is 25.2. The van der Waals surface area contributed by atoms with Gasteiger partial charge < -0.3 is 31.2 Å². The molecule has 0 bridgehead atoms. The van der Waals surface area contributed by atoms with Crippen LogP contribution >= 0.6 is 31.7 Å². The number of hydrogen-bond acceptors (Lipinski definition) is 2. The van der Waals surface area contributed by atoms with E-state index in [-0.39, 0.29) is 78.3 Å². The summed E-state index contributed by atoms with van der Waals surface area (Å²) < 4.78 is 57.6. The van der Waals surface area contributed by atoms with E-state index in [2.05, 4.69) is 106 Å². The van der Waals surface area contributed by atoms with Gasteiger partial charge in [-0.1, -0.05) is 172 Å². The molecule has 0 aliphatic carbocycles. The Kier molecular flexibility index (Phi) is 78.0. The Morgan fingerprint density at radius 1 is 0.333 bits per heavy atom. The Bertz CT molecular complexity index is 1670. The maximum Gasteiger partial charge on any atom is 0 e. The van der Waals surface area contributed by atoms with Gasteiger partial charge in [0.05, 0.1) is 0 Å². The summed E-state index contributed by atoms with van der Waals surface area (Å²) in [4.78, 5) is 0. The van der Waals surface area contributed by atoms with Crippen molar-refractivity contribution in [2.24, 2.45) is 0 Å². The van der Waals surface area contributed by atoms with Crippen LogP contribution in [0.25, 0.3) is 0 Å². The Hall–Kier alpha value is -0.00338. The zero-order chi connectivity index (χ0) is 60.0. The van der Waals surface area contributed by atoms with Crippen LogP contribution in [0, 0.1) is 48.0 Å². The normalized spacial score (nSPS) is 10.2. The molecule has 84 heavy (non-hydrogen) atoms. The van der Waals surface area contributed by atoms with Crippen LogP contribution in [0.2, 0.25) is 0 Å². The van der Waals surface area contributed by atoms with Gasteiger partial charge in [-0.3, -0.25) is 5.92 Å². The Morgan fingerprint density at radius 2 is 0.500 bits per heavy atom. The molecule has 492 valence electrons. The van der Waals surface area contributed by atoms with E-state index in [4.69, 9.17) is 12.8 Å². The quantitative estimate of drug-likeness (QED) is 0.0195. The first-order valence-electron chi connectivity index (χ1n) is 32.2. The van der Waals surface area contributed by atoms with Gasteiger partial charge >= 0.3 is 116 Å². The second-order valence-electron chi connectivity index (χ2n) is 21.3. The van der Waals surface area contributed by atoms with E-state index < -0.39 is 34.6 Å².